The smallest absolute Gasteiger partial charge is 0.273 e. The molecule has 7 heteroatoms. The van der Waals surface area contributed by atoms with Gasteiger partial charge in [-0.05, 0) is 30.3 Å². The van der Waals surface area contributed by atoms with Crippen molar-refractivity contribution in [1.29, 1.82) is 0 Å². The minimum Gasteiger partial charge on any atom is -0.493 e. The maximum Gasteiger partial charge on any atom is 0.273 e. The van der Waals surface area contributed by atoms with Crippen molar-refractivity contribution in [2.75, 3.05) is 19.5 Å². The maximum atomic E-state index is 12.3. The molecule has 0 unspecified atom stereocenters. The van der Waals surface area contributed by atoms with Gasteiger partial charge in [0.1, 0.15) is 5.69 Å². The molecule has 0 atom stereocenters. The molecule has 1 aromatic carbocycles. The average molecular weight is 324 g/mol. The number of hydrogen-bond acceptors (Lipinski definition) is 5. The van der Waals surface area contributed by atoms with Gasteiger partial charge in [-0.25, -0.2) is 0 Å². The molecule has 1 amide bonds. The molecule has 2 heterocycles. The fourth-order valence-corrected chi connectivity index (χ4v) is 2.21. The highest BCUT2D eigenvalue weighted by molar-refractivity contribution is 6.03. The summed E-state index contributed by atoms with van der Waals surface area (Å²) in [6.45, 7) is 0. The zero-order valence-corrected chi connectivity index (χ0v) is 13.2. The zero-order valence-electron chi connectivity index (χ0n) is 13.2. The number of methoxy groups -OCH3 is 2. The lowest BCUT2D eigenvalue weighted by atomic mass is 10.2. The molecule has 0 aliphatic rings. The molecular weight excluding hydrogens is 308 g/mol. The van der Waals surface area contributed by atoms with Crippen LogP contribution in [0.15, 0.2) is 48.8 Å². The minimum absolute atomic E-state index is 0.301. The van der Waals surface area contributed by atoms with Gasteiger partial charge in [0.15, 0.2) is 11.5 Å². The van der Waals surface area contributed by atoms with Gasteiger partial charge in [0.25, 0.3) is 5.91 Å². The molecule has 7 nitrogen and oxygen atoms in total. The van der Waals surface area contributed by atoms with E-state index in [0.717, 1.165) is 5.56 Å². The third-order valence-corrected chi connectivity index (χ3v) is 3.42. The summed E-state index contributed by atoms with van der Waals surface area (Å²) in [6.07, 6.45) is 3.37. The Morgan fingerprint density at radius 3 is 2.67 bits per heavy atom. The van der Waals surface area contributed by atoms with Crippen molar-refractivity contribution in [3.63, 3.8) is 0 Å². The maximum absolute atomic E-state index is 12.3. The lowest BCUT2D eigenvalue weighted by Gasteiger charge is -2.10. The molecule has 0 fully saturated rings. The molecule has 0 spiro atoms. The van der Waals surface area contributed by atoms with Crippen LogP contribution in [0.25, 0.3) is 11.3 Å². The van der Waals surface area contributed by atoms with Gasteiger partial charge in [0, 0.05) is 29.7 Å². The summed E-state index contributed by atoms with van der Waals surface area (Å²) >= 11 is 0. The van der Waals surface area contributed by atoms with Gasteiger partial charge >= 0.3 is 0 Å². The molecule has 0 aliphatic carbocycles. The summed E-state index contributed by atoms with van der Waals surface area (Å²) in [5, 5.41) is 9.66. The van der Waals surface area contributed by atoms with Crippen molar-refractivity contribution in [2.24, 2.45) is 0 Å². The molecule has 24 heavy (non-hydrogen) atoms. The number of nitrogens with zero attached hydrogens (tertiary/aromatic N) is 2. The topological polar surface area (TPSA) is 89.1 Å². The lowest BCUT2D eigenvalue weighted by molar-refractivity contribution is 0.102. The Bertz CT molecular complexity index is 846. The second-order valence-corrected chi connectivity index (χ2v) is 4.93. The summed E-state index contributed by atoms with van der Waals surface area (Å²) < 4.78 is 10.4. The first kappa shape index (κ1) is 15.5. The van der Waals surface area contributed by atoms with Crippen molar-refractivity contribution in [3.8, 4) is 22.8 Å². The highest BCUT2D eigenvalue weighted by Crippen LogP contribution is 2.30. The molecular formula is C17H16N4O3. The predicted octanol–water partition coefficient (Wildman–Crippen LogP) is 2.74. The first-order valence-corrected chi connectivity index (χ1v) is 7.20. The summed E-state index contributed by atoms with van der Waals surface area (Å²) in [5.74, 6) is 0.830. The fourth-order valence-electron chi connectivity index (χ4n) is 2.21. The van der Waals surface area contributed by atoms with Gasteiger partial charge in [0.05, 0.1) is 19.9 Å². The number of H-pyrrole nitrogens is 1. The SMILES string of the molecule is COc1ccc(NC(=O)c2cc(-c3cccnc3)n[nH]2)cc1OC. The molecule has 122 valence electrons. The molecule has 3 aromatic rings. The van der Waals surface area contributed by atoms with Gasteiger partial charge in [0.2, 0.25) is 0 Å². The number of aromatic nitrogens is 3. The van der Waals surface area contributed by atoms with Crippen LogP contribution in [0.2, 0.25) is 0 Å². The van der Waals surface area contributed by atoms with Crippen molar-refractivity contribution in [1.82, 2.24) is 15.2 Å². The van der Waals surface area contributed by atoms with Gasteiger partial charge in [-0.15, -0.1) is 0 Å². The molecule has 0 aliphatic heterocycles. The van der Waals surface area contributed by atoms with Gasteiger partial charge in [-0.2, -0.15) is 5.10 Å². The van der Waals surface area contributed by atoms with Crippen LogP contribution in [0.3, 0.4) is 0 Å². The van der Waals surface area contributed by atoms with E-state index in [4.69, 9.17) is 9.47 Å². The number of nitrogens with one attached hydrogen (secondary N) is 2. The Labute approximate surface area is 138 Å². The fraction of sp³-hybridized carbons (Fsp3) is 0.118. The third kappa shape index (κ3) is 3.19. The van der Waals surface area contributed by atoms with E-state index in [9.17, 15) is 4.79 Å². The van der Waals surface area contributed by atoms with Crippen LogP contribution in [0, 0.1) is 0 Å². The van der Waals surface area contributed by atoms with Gasteiger partial charge in [-0.3, -0.25) is 14.9 Å². The first-order valence-electron chi connectivity index (χ1n) is 7.20. The van der Waals surface area contributed by atoms with Crippen LogP contribution in [0.1, 0.15) is 10.5 Å². The number of carbonyl (C=O) groups excluding carboxylic acids is 1. The molecule has 0 bridgehead atoms. The Hall–Kier alpha value is -3.35. The van der Waals surface area contributed by atoms with Gasteiger partial charge < -0.3 is 14.8 Å². The zero-order chi connectivity index (χ0) is 16.9. The number of rotatable bonds is 5. The van der Waals surface area contributed by atoms with Crippen LogP contribution in [0.5, 0.6) is 11.5 Å². The third-order valence-electron chi connectivity index (χ3n) is 3.42. The minimum atomic E-state index is -0.301. The van der Waals surface area contributed by atoms with Gasteiger partial charge in [-0.1, -0.05) is 0 Å². The first-order chi connectivity index (χ1) is 11.7. The van der Waals surface area contributed by atoms with Crippen LogP contribution in [-0.2, 0) is 0 Å². The summed E-state index contributed by atoms with van der Waals surface area (Å²) in [5.41, 5.74) is 2.43. The number of aromatic amines is 1. The van der Waals surface area contributed by atoms with E-state index in [1.165, 1.54) is 0 Å². The number of amides is 1. The van der Waals surface area contributed by atoms with E-state index in [0.29, 0.717) is 28.6 Å². The van der Waals surface area contributed by atoms with E-state index in [1.54, 1.807) is 50.9 Å². The molecule has 2 aromatic heterocycles. The average Bonchev–Trinajstić information content (AvgIpc) is 3.12. The number of ether oxygens (including phenoxy) is 2. The molecule has 0 radical (unpaired) electrons. The highest BCUT2D eigenvalue weighted by Gasteiger charge is 2.13. The summed E-state index contributed by atoms with van der Waals surface area (Å²) in [6, 6.07) is 10.5. The molecule has 3 rings (SSSR count). The molecule has 0 saturated carbocycles. The van der Waals surface area contributed by atoms with E-state index in [1.807, 2.05) is 12.1 Å². The highest BCUT2D eigenvalue weighted by atomic mass is 16.5. The Kier molecular flexibility index (Phi) is 4.42. The second kappa shape index (κ2) is 6.82. The normalized spacial score (nSPS) is 10.2. The summed E-state index contributed by atoms with van der Waals surface area (Å²) in [7, 11) is 3.10. The number of hydrogen-bond donors (Lipinski definition) is 2. The van der Waals surface area contributed by atoms with Crippen LogP contribution in [0.4, 0.5) is 5.69 Å². The predicted molar refractivity (Wildman–Crippen MR) is 89.3 cm³/mol. The van der Waals surface area contributed by atoms with E-state index in [-0.39, 0.29) is 5.91 Å². The number of benzene rings is 1. The van der Waals surface area contributed by atoms with Crippen molar-refractivity contribution in [2.45, 2.75) is 0 Å². The monoisotopic (exact) mass is 324 g/mol. The van der Waals surface area contributed by atoms with E-state index in [2.05, 4.69) is 20.5 Å². The molecule has 0 saturated heterocycles. The van der Waals surface area contributed by atoms with Crippen molar-refractivity contribution in [3.05, 3.63) is 54.5 Å². The lowest BCUT2D eigenvalue weighted by Crippen LogP contribution is -2.12. The Morgan fingerprint density at radius 2 is 1.96 bits per heavy atom. The van der Waals surface area contributed by atoms with Crippen LogP contribution in [-0.4, -0.2) is 35.3 Å². The largest absolute Gasteiger partial charge is 0.493 e. The van der Waals surface area contributed by atoms with Crippen molar-refractivity contribution < 1.29 is 14.3 Å². The van der Waals surface area contributed by atoms with E-state index < -0.39 is 0 Å². The molecule has 2 N–H and O–H groups in total. The van der Waals surface area contributed by atoms with Crippen molar-refractivity contribution >= 4 is 11.6 Å². The van der Waals surface area contributed by atoms with Crippen LogP contribution < -0.4 is 14.8 Å². The standard InChI is InChI=1S/C17H16N4O3/c1-23-15-6-5-12(8-16(15)24-2)19-17(22)14-9-13(20-21-14)11-4-3-7-18-10-11/h3-10H,1-2H3,(H,19,22)(H,20,21). The number of carbonyl (C=O) groups is 1. The number of anilines is 1. The Morgan fingerprint density at radius 1 is 1.12 bits per heavy atom. The Balaban J connectivity index is 1.77. The number of pyridine rings is 1. The summed E-state index contributed by atoms with van der Waals surface area (Å²) in [4.78, 5) is 16.4. The second-order valence-electron chi connectivity index (χ2n) is 4.93. The van der Waals surface area contributed by atoms with E-state index >= 15 is 0 Å². The quantitative estimate of drug-likeness (QED) is 0.753. The van der Waals surface area contributed by atoms with Crippen LogP contribution >= 0.6 is 0 Å².